The van der Waals surface area contributed by atoms with Gasteiger partial charge in [0.1, 0.15) is 5.82 Å². The lowest BCUT2D eigenvalue weighted by Gasteiger charge is -2.33. The van der Waals surface area contributed by atoms with Gasteiger partial charge in [0, 0.05) is 48.9 Å². The molecule has 2 aliphatic rings. The lowest BCUT2D eigenvalue weighted by atomic mass is 10.1. The molecule has 0 radical (unpaired) electrons. The molecule has 8 heteroatoms. The smallest absolute Gasteiger partial charge is 0.231 e. The normalized spacial score (nSPS) is 16.2. The Bertz CT molecular complexity index is 1240. The van der Waals surface area contributed by atoms with Crippen LogP contribution in [-0.2, 0) is 0 Å². The molecule has 3 aromatic heterocycles. The lowest BCUT2D eigenvalue weighted by molar-refractivity contribution is 0.174. The molecule has 1 saturated heterocycles. The Hall–Kier alpha value is -3.65. The van der Waals surface area contributed by atoms with Gasteiger partial charge in [0.2, 0.25) is 6.79 Å². The molecule has 1 fully saturated rings. The van der Waals surface area contributed by atoms with Crippen LogP contribution >= 0.6 is 0 Å². The van der Waals surface area contributed by atoms with E-state index < -0.39 is 0 Å². The number of nitrogens with one attached hydrogen (secondary N) is 1. The zero-order valence-electron chi connectivity index (χ0n) is 17.2. The maximum Gasteiger partial charge on any atom is 0.231 e. The molecule has 0 aliphatic carbocycles. The van der Waals surface area contributed by atoms with Gasteiger partial charge in [-0.15, -0.1) is 0 Å². The first-order chi connectivity index (χ1) is 15.2. The molecule has 0 amide bonds. The fourth-order valence-electron chi connectivity index (χ4n) is 4.09. The van der Waals surface area contributed by atoms with Crippen molar-refractivity contribution in [3.8, 4) is 34.0 Å². The van der Waals surface area contributed by atoms with E-state index in [0.29, 0.717) is 5.65 Å². The van der Waals surface area contributed by atoms with Crippen molar-refractivity contribution in [2.24, 2.45) is 0 Å². The number of hydrogen-bond acceptors (Lipinski definition) is 7. The summed E-state index contributed by atoms with van der Waals surface area (Å²) >= 11 is 0. The third-order valence-electron chi connectivity index (χ3n) is 5.95. The van der Waals surface area contributed by atoms with E-state index in [0.717, 1.165) is 71.4 Å². The Balaban J connectivity index is 1.28. The summed E-state index contributed by atoms with van der Waals surface area (Å²) in [6.07, 6.45) is 1.90. The summed E-state index contributed by atoms with van der Waals surface area (Å²) in [5.41, 5.74) is 4.41. The van der Waals surface area contributed by atoms with Crippen LogP contribution in [0.3, 0.4) is 0 Å². The topological polar surface area (TPSA) is 79.4 Å². The van der Waals surface area contributed by atoms with Crippen LogP contribution in [0.1, 0.15) is 0 Å². The molecule has 8 nitrogen and oxygen atoms in total. The number of aromatic amines is 1. The van der Waals surface area contributed by atoms with Crippen LogP contribution in [0, 0.1) is 0 Å². The number of H-pyrrole nitrogens is 1. The van der Waals surface area contributed by atoms with Crippen LogP contribution in [0.4, 0.5) is 5.82 Å². The lowest BCUT2D eigenvalue weighted by Crippen LogP contribution is -2.44. The minimum absolute atomic E-state index is 0.259. The van der Waals surface area contributed by atoms with E-state index in [-0.39, 0.29) is 6.79 Å². The highest BCUT2D eigenvalue weighted by atomic mass is 16.7. The van der Waals surface area contributed by atoms with E-state index in [1.54, 1.807) is 0 Å². The fourth-order valence-corrected chi connectivity index (χ4v) is 4.09. The predicted octanol–water partition coefficient (Wildman–Crippen LogP) is 3.17. The number of benzene rings is 1. The van der Waals surface area contributed by atoms with Gasteiger partial charge >= 0.3 is 0 Å². The molecule has 4 aromatic rings. The standard InChI is InChI=1S/C23H22N6O2/c1-28-8-10-29(11-9-28)21-7-3-16(13-24-21)18-5-4-17-22(26-27-23(17)25-18)15-2-6-19-20(12-15)31-14-30-19/h2-7,12-13H,8-11,14H2,1H3,(H,25,26,27). The number of anilines is 1. The number of rotatable bonds is 3. The Morgan fingerprint density at radius 3 is 2.58 bits per heavy atom. The quantitative estimate of drug-likeness (QED) is 0.552. The van der Waals surface area contributed by atoms with Crippen LogP contribution in [0.15, 0.2) is 48.7 Å². The zero-order chi connectivity index (χ0) is 20.8. The highest BCUT2D eigenvalue weighted by Gasteiger charge is 2.18. The number of aromatic nitrogens is 4. The summed E-state index contributed by atoms with van der Waals surface area (Å²) in [7, 11) is 2.16. The van der Waals surface area contributed by atoms with E-state index >= 15 is 0 Å². The Labute approximate surface area is 179 Å². The third kappa shape index (κ3) is 3.25. The highest BCUT2D eigenvalue weighted by Crippen LogP contribution is 2.37. The van der Waals surface area contributed by atoms with Crippen molar-refractivity contribution in [2.75, 3.05) is 44.9 Å². The van der Waals surface area contributed by atoms with Crippen LogP contribution in [0.2, 0.25) is 0 Å². The second-order valence-electron chi connectivity index (χ2n) is 7.93. The average Bonchev–Trinajstić information content (AvgIpc) is 3.45. The number of fused-ring (bicyclic) bond motifs is 2. The summed E-state index contributed by atoms with van der Waals surface area (Å²) in [5.74, 6) is 2.53. The summed E-state index contributed by atoms with van der Waals surface area (Å²) in [6.45, 7) is 4.39. The van der Waals surface area contributed by atoms with Crippen molar-refractivity contribution in [2.45, 2.75) is 0 Å². The van der Waals surface area contributed by atoms with Crippen LogP contribution in [0.5, 0.6) is 11.5 Å². The summed E-state index contributed by atoms with van der Waals surface area (Å²) < 4.78 is 10.9. The molecule has 0 spiro atoms. The van der Waals surface area contributed by atoms with Gasteiger partial charge < -0.3 is 19.3 Å². The van der Waals surface area contributed by atoms with Crippen LogP contribution in [0.25, 0.3) is 33.5 Å². The Morgan fingerprint density at radius 2 is 1.74 bits per heavy atom. The van der Waals surface area contributed by atoms with E-state index in [1.165, 1.54) is 0 Å². The van der Waals surface area contributed by atoms with Gasteiger partial charge in [-0.25, -0.2) is 9.97 Å². The monoisotopic (exact) mass is 414 g/mol. The predicted molar refractivity (Wildman–Crippen MR) is 118 cm³/mol. The second kappa shape index (κ2) is 7.24. The third-order valence-corrected chi connectivity index (χ3v) is 5.95. The van der Waals surface area contributed by atoms with Gasteiger partial charge in [-0.3, -0.25) is 5.10 Å². The van der Waals surface area contributed by atoms with E-state index in [4.69, 9.17) is 14.5 Å². The largest absolute Gasteiger partial charge is 0.454 e. The number of likely N-dealkylation sites (N-methyl/N-ethyl adjacent to an activating group) is 1. The van der Waals surface area contributed by atoms with Crippen LogP contribution < -0.4 is 14.4 Å². The molecular formula is C23H22N6O2. The summed E-state index contributed by atoms with van der Waals surface area (Å²) in [5, 5.41) is 8.51. The van der Waals surface area contributed by atoms with Crippen molar-refractivity contribution in [1.82, 2.24) is 25.1 Å². The van der Waals surface area contributed by atoms with Gasteiger partial charge in [0.25, 0.3) is 0 Å². The molecule has 0 saturated carbocycles. The fraction of sp³-hybridized carbons (Fsp3) is 0.261. The summed E-state index contributed by atoms with van der Waals surface area (Å²) in [6, 6.07) is 14.1. The zero-order valence-corrected chi connectivity index (χ0v) is 17.2. The van der Waals surface area contributed by atoms with E-state index in [1.807, 2.05) is 30.5 Å². The minimum Gasteiger partial charge on any atom is -0.454 e. The second-order valence-corrected chi connectivity index (χ2v) is 7.93. The SMILES string of the molecule is CN1CCN(c2ccc(-c3ccc4c(-c5ccc6c(c5)OCO6)[nH]nc4n3)cn2)CC1. The minimum atomic E-state index is 0.259. The average molecular weight is 414 g/mol. The molecule has 5 heterocycles. The van der Waals surface area contributed by atoms with Gasteiger partial charge in [-0.1, -0.05) is 0 Å². The molecule has 0 bridgehead atoms. The van der Waals surface area contributed by atoms with Gasteiger partial charge in [0.05, 0.1) is 11.4 Å². The number of pyridine rings is 2. The Morgan fingerprint density at radius 1 is 0.903 bits per heavy atom. The van der Waals surface area contributed by atoms with Crippen molar-refractivity contribution < 1.29 is 9.47 Å². The number of nitrogens with zero attached hydrogens (tertiary/aromatic N) is 5. The van der Waals surface area contributed by atoms with Crippen molar-refractivity contribution in [3.05, 3.63) is 48.7 Å². The van der Waals surface area contributed by atoms with Gasteiger partial charge in [-0.05, 0) is 49.5 Å². The Kier molecular flexibility index (Phi) is 4.24. The molecular weight excluding hydrogens is 392 g/mol. The molecule has 31 heavy (non-hydrogen) atoms. The molecule has 1 aromatic carbocycles. The van der Waals surface area contributed by atoms with Crippen molar-refractivity contribution in [1.29, 1.82) is 0 Å². The molecule has 2 aliphatic heterocycles. The molecule has 156 valence electrons. The highest BCUT2D eigenvalue weighted by molar-refractivity contribution is 5.92. The van der Waals surface area contributed by atoms with Gasteiger partial charge in [0.15, 0.2) is 17.1 Å². The van der Waals surface area contributed by atoms with E-state index in [9.17, 15) is 0 Å². The maximum absolute atomic E-state index is 5.50. The first kappa shape index (κ1) is 18.1. The van der Waals surface area contributed by atoms with Crippen molar-refractivity contribution in [3.63, 3.8) is 0 Å². The number of hydrogen-bond donors (Lipinski definition) is 1. The van der Waals surface area contributed by atoms with Crippen molar-refractivity contribution >= 4 is 16.9 Å². The van der Waals surface area contributed by atoms with Gasteiger partial charge in [-0.2, -0.15) is 5.10 Å². The molecule has 0 unspecified atom stereocenters. The molecule has 1 N–H and O–H groups in total. The molecule has 6 rings (SSSR count). The first-order valence-corrected chi connectivity index (χ1v) is 10.4. The number of piperazine rings is 1. The molecule has 0 atom stereocenters. The number of ether oxygens (including phenoxy) is 2. The first-order valence-electron chi connectivity index (χ1n) is 10.4. The van der Waals surface area contributed by atoms with E-state index in [2.05, 4.69) is 50.2 Å². The maximum atomic E-state index is 5.50. The summed E-state index contributed by atoms with van der Waals surface area (Å²) in [4.78, 5) is 14.1. The van der Waals surface area contributed by atoms with Crippen LogP contribution in [-0.4, -0.2) is 65.1 Å².